The first kappa shape index (κ1) is 19.3. The maximum Gasteiger partial charge on any atom is 0.138 e. The molecule has 0 amide bonds. The van der Waals surface area contributed by atoms with Crippen molar-refractivity contribution >= 4 is 5.78 Å². The summed E-state index contributed by atoms with van der Waals surface area (Å²) in [6.07, 6.45) is 15.1. The van der Waals surface area contributed by atoms with Crippen molar-refractivity contribution in [2.45, 2.75) is 104 Å². The standard InChI is InChI=1S/C27H43NO/c1-24(2)22-10-9-18-19(26(22,4)13-11-23(24)29)7-8-20-21-6-5-12-27(21,28-16-17-28)15-14-25(18,20)3/h18-22H,5-17H2,1-4H3/t18?,19?,20?,21-,22?,25+,26?,27?/m1/s1. The van der Waals surface area contributed by atoms with Gasteiger partial charge in [0.1, 0.15) is 5.78 Å². The van der Waals surface area contributed by atoms with Crippen LogP contribution in [0.4, 0.5) is 0 Å². The summed E-state index contributed by atoms with van der Waals surface area (Å²) in [4.78, 5) is 15.7. The van der Waals surface area contributed by atoms with E-state index in [1.54, 1.807) is 0 Å². The highest BCUT2D eigenvalue weighted by molar-refractivity contribution is 5.85. The van der Waals surface area contributed by atoms with Gasteiger partial charge < -0.3 is 0 Å². The zero-order valence-corrected chi connectivity index (χ0v) is 19.4. The van der Waals surface area contributed by atoms with Gasteiger partial charge in [0.2, 0.25) is 0 Å². The van der Waals surface area contributed by atoms with Gasteiger partial charge in [-0.2, -0.15) is 0 Å². The third-order valence-corrected chi connectivity index (χ3v) is 12.3. The van der Waals surface area contributed by atoms with E-state index >= 15 is 0 Å². The summed E-state index contributed by atoms with van der Waals surface area (Å²) in [6.45, 7) is 12.7. The van der Waals surface area contributed by atoms with Gasteiger partial charge in [-0.1, -0.05) is 34.1 Å². The maximum absolute atomic E-state index is 12.8. The first-order chi connectivity index (χ1) is 13.7. The summed E-state index contributed by atoms with van der Waals surface area (Å²) in [5, 5.41) is 0. The van der Waals surface area contributed by atoms with Crippen molar-refractivity contribution in [2.75, 3.05) is 13.1 Å². The molecule has 6 fully saturated rings. The van der Waals surface area contributed by atoms with Gasteiger partial charge in [0.15, 0.2) is 0 Å². The van der Waals surface area contributed by atoms with Gasteiger partial charge >= 0.3 is 0 Å². The second-order valence-corrected chi connectivity index (χ2v) is 13.3. The molecule has 5 aliphatic carbocycles. The fourth-order valence-electron chi connectivity index (χ4n) is 10.9. The van der Waals surface area contributed by atoms with Gasteiger partial charge in [-0.3, -0.25) is 9.69 Å². The van der Waals surface area contributed by atoms with Crippen LogP contribution in [0.5, 0.6) is 0 Å². The summed E-state index contributed by atoms with van der Waals surface area (Å²) in [7, 11) is 0. The molecule has 6 rings (SSSR count). The highest BCUT2D eigenvalue weighted by Crippen LogP contribution is 2.71. The molecule has 2 nitrogen and oxygen atoms in total. The monoisotopic (exact) mass is 397 g/mol. The Kier molecular flexibility index (Phi) is 3.93. The van der Waals surface area contributed by atoms with E-state index < -0.39 is 0 Å². The largest absolute Gasteiger partial charge is 0.299 e. The Labute approximate surface area is 178 Å². The SMILES string of the molecule is CC1(C)C(=O)CCC2(C)C3CCC4[C@H]5CCCC5(N5CC5)CC[C@@]4(C)C3CCC12. The highest BCUT2D eigenvalue weighted by atomic mass is 16.1. The number of Topliss-reactive ketones (excluding diaryl/α,β-unsaturated/α-hetero) is 1. The molecule has 0 aromatic rings. The average Bonchev–Trinajstić information content (AvgIpc) is 3.45. The van der Waals surface area contributed by atoms with Crippen LogP contribution in [-0.4, -0.2) is 29.3 Å². The Bertz CT molecular complexity index is 724. The maximum atomic E-state index is 12.8. The molecule has 8 atom stereocenters. The Morgan fingerprint density at radius 2 is 1.38 bits per heavy atom. The normalized spacial score (nSPS) is 56.1. The molecule has 0 aromatic carbocycles. The lowest BCUT2D eigenvalue weighted by atomic mass is 9.37. The van der Waals surface area contributed by atoms with Gasteiger partial charge in [-0.15, -0.1) is 0 Å². The number of hydrogen-bond donors (Lipinski definition) is 0. The average molecular weight is 398 g/mol. The van der Waals surface area contributed by atoms with Crippen molar-refractivity contribution in [2.24, 2.45) is 45.8 Å². The van der Waals surface area contributed by atoms with E-state index in [1.807, 2.05) is 0 Å². The summed E-state index contributed by atoms with van der Waals surface area (Å²) in [5.41, 5.74) is 1.48. The van der Waals surface area contributed by atoms with Crippen molar-refractivity contribution in [3.63, 3.8) is 0 Å². The van der Waals surface area contributed by atoms with Gasteiger partial charge in [0.25, 0.3) is 0 Å². The summed E-state index contributed by atoms with van der Waals surface area (Å²) in [6, 6.07) is 0. The van der Waals surface area contributed by atoms with Crippen LogP contribution in [0.1, 0.15) is 98.3 Å². The number of carbonyl (C=O) groups excluding carboxylic acids is 1. The first-order valence-electron chi connectivity index (χ1n) is 13.0. The molecular weight excluding hydrogens is 354 g/mol. The molecule has 29 heavy (non-hydrogen) atoms. The predicted octanol–water partition coefficient (Wildman–Crippen LogP) is 6.09. The number of nitrogens with zero attached hydrogens (tertiary/aromatic N) is 1. The summed E-state index contributed by atoms with van der Waals surface area (Å²) >= 11 is 0. The van der Waals surface area contributed by atoms with Crippen molar-refractivity contribution in [1.82, 2.24) is 4.90 Å². The summed E-state index contributed by atoms with van der Waals surface area (Å²) in [5.74, 6) is 4.90. The fourth-order valence-corrected chi connectivity index (χ4v) is 10.9. The van der Waals surface area contributed by atoms with Crippen LogP contribution in [0.3, 0.4) is 0 Å². The van der Waals surface area contributed by atoms with Crippen molar-refractivity contribution in [3.8, 4) is 0 Å². The zero-order chi connectivity index (χ0) is 20.2. The lowest BCUT2D eigenvalue weighted by Gasteiger charge is -2.67. The van der Waals surface area contributed by atoms with Gasteiger partial charge in [0.05, 0.1) is 0 Å². The van der Waals surface area contributed by atoms with Crippen molar-refractivity contribution < 1.29 is 4.79 Å². The van der Waals surface area contributed by atoms with E-state index in [9.17, 15) is 4.79 Å². The molecule has 1 saturated heterocycles. The number of carbonyl (C=O) groups is 1. The van der Waals surface area contributed by atoms with Crippen LogP contribution < -0.4 is 0 Å². The zero-order valence-electron chi connectivity index (χ0n) is 19.4. The van der Waals surface area contributed by atoms with Gasteiger partial charge in [0, 0.05) is 30.5 Å². The molecule has 6 unspecified atom stereocenters. The molecule has 0 aromatic heterocycles. The van der Waals surface area contributed by atoms with E-state index in [2.05, 4.69) is 32.6 Å². The number of ketones is 1. The molecular formula is C27H43NO. The summed E-state index contributed by atoms with van der Waals surface area (Å²) < 4.78 is 0. The molecule has 0 radical (unpaired) electrons. The van der Waals surface area contributed by atoms with E-state index in [-0.39, 0.29) is 5.41 Å². The molecule has 1 aliphatic heterocycles. The van der Waals surface area contributed by atoms with Crippen LogP contribution >= 0.6 is 0 Å². The Hall–Kier alpha value is -0.370. The first-order valence-corrected chi connectivity index (χ1v) is 13.0. The van der Waals surface area contributed by atoms with E-state index in [1.165, 1.54) is 77.3 Å². The number of rotatable bonds is 1. The van der Waals surface area contributed by atoms with E-state index in [4.69, 9.17) is 0 Å². The van der Waals surface area contributed by atoms with E-state index in [0.29, 0.717) is 28.1 Å². The minimum atomic E-state index is -0.0951. The Morgan fingerprint density at radius 3 is 2.10 bits per heavy atom. The molecule has 1 heterocycles. The minimum Gasteiger partial charge on any atom is -0.299 e. The van der Waals surface area contributed by atoms with Crippen LogP contribution in [-0.2, 0) is 4.79 Å². The molecule has 2 heteroatoms. The van der Waals surface area contributed by atoms with Crippen LogP contribution in [0.2, 0.25) is 0 Å². The number of hydrogen-bond acceptors (Lipinski definition) is 2. The predicted molar refractivity (Wildman–Crippen MR) is 118 cm³/mol. The van der Waals surface area contributed by atoms with Crippen molar-refractivity contribution in [1.29, 1.82) is 0 Å². The molecule has 6 aliphatic rings. The third kappa shape index (κ3) is 2.31. The minimum absolute atomic E-state index is 0.0951. The smallest absolute Gasteiger partial charge is 0.138 e. The van der Waals surface area contributed by atoms with Crippen LogP contribution in [0.15, 0.2) is 0 Å². The second-order valence-electron chi connectivity index (χ2n) is 13.3. The topological polar surface area (TPSA) is 20.1 Å². The lowest BCUT2D eigenvalue weighted by Crippen LogP contribution is -2.63. The Morgan fingerprint density at radius 1 is 0.724 bits per heavy atom. The lowest BCUT2D eigenvalue weighted by molar-refractivity contribution is -0.187. The Balaban J connectivity index is 1.34. The molecule has 0 spiro atoms. The van der Waals surface area contributed by atoms with Crippen LogP contribution in [0.25, 0.3) is 0 Å². The second kappa shape index (κ2) is 5.90. The molecule has 0 N–H and O–H groups in total. The van der Waals surface area contributed by atoms with Crippen molar-refractivity contribution in [3.05, 3.63) is 0 Å². The third-order valence-electron chi connectivity index (χ3n) is 12.3. The molecule has 0 bridgehead atoms. The van der Waals surface area contributed by atoms with Gasteiger partial charge in [-0.25, -0.2) is 0 Å². The molecule has 162 valence electrons. The fraction of sp³-hybridized carbons (Fsp3) is 0.963. The number of fused-ring (bicyclic) bond motifs is 7. The highest BCUT2D eigenvalue weighted by Gasteiger charge is 2.67. The van der Waals surface area contributed by atoms with Gasteiger partial charge in [-0.05, 0) is 98.2 Å². The van der Waals surface area contributed by atoms with E-state index in [0.717, 1.165) is 30.1 Å². The molecule has 5 saturated carbocycles. The van der Waals surface area contributed by atoms with Crippen LogP contribution in [0, 0.1) is 45.8 Å². The quantitative estimate of drug-likeness (QED) is 0.499.